The fraction of sp³-hybridized carbons (Fsp3) is 0.238. The lowest BCUT2D eigenvalue weighted by atomic mass is 10.2. The largest absolute Gasteiger partial charge is 0.341 e. The van der Waals surface area contributed by atoms with Gasteiger partial charge in [0.1, 0.15) is 0 Å². The molecule has 0 unspecified atom stereocenters. The average Bonchev–Trinajstić information content (AvgIpc) is 3.15. The van der Waals surface area contributed by atoms with Crippen molar-refractivity contribution >= 4 is 29.4 Å². The van der Waals surface area contributed by atoms with Gasteiger partial charge >= 0.3 is 0 Å². The van der Waals surface area contributed by atoms with E-state index in [0.29, 0.717) is 12.3 Å². The van der Waals surface area contributed by atoms with E-state index in [9.17, 15) is 4.79 Å². The minimum Gasteiger partial charge on any atom is -0.341 e. The summed E-state index contributed by atoms with van der Waals surface area (Å²) < 4.78 is 2.04. The highest BCUT2D eigenvalue weighted by Crippen LogP contribution is 2.23. The molecule has 0 aliphatic heterocycles. The first kappa shape index (κ1) is 19.6. The van der Waals surface area contributed by atoms with Gasteiger partial charge in [-0.2, -0.15) is 0 Å². The number of hydrogen-bond donors (Lipinski definition) is 0. The molecule has 3 rings (SSSR count). The van der Waals surface area contributed by atoms with Gasteiger partial charge in [0, 0.05) is 30.9 Å². The van der Waals surface area contributed by atoms with E-state index >= 15 is 0 Å². The Balaban J connectivity index is 1.61. The number of imidazole rings is 1. The first-order valence-corrected chi connectivity index (χ1v) is 10.9. The van der Waals surface area contributed by atoms with Crippen LogP contribution in [0.25, 0.3) is 5.69 Å². The second-order valence-corrected chi connectivity index (χ2v) is 8.08. The molecule has 0 N–H and O–H groups in total. The molecule has 6 heteroatoms. The molecular formula is C21H23N3OS2. The second-order valence-electron chi connectivity index (χ2n) is 6.25. The molecule has 4 nitrogen and oxygen atoms in total. The minimum atomic E-state index is 0.0910. The Labute approximate surface area is 169 Å². The molecular weight excluding hydrogens is 374 g/mol. The molecule has 0 bridgehead atoms. The van der Waals surface area contributed by atoms with Crippen LogP contribution in [0.2, 0.25) is 0 Å². The van der Waals surface area contributed by atoms with Crippen LogP contribution in [-0.2, 0) is 11.3 Å². The van der Waals surface area contributed by atoms with E-state index in [1.54, 1.807) is 22.9 Å². The van der Waals surface area contributed by atoms with Crippen molar-refractivity contribution in [3.63, 3.8) is 0 Å². The van der Waals surface area contributed by atoms with Gasteiger partial charge in [-0.25, -0.2) is 4.98 Å². The standard InChI is InChI=1S/C21H23N3OS2/c1-16-6-4-5-7-19(16)24-13-12-22-21(24)27-15-20(25)23(2)14-17-8-10-18(26-3)11-9-17/h4-13H,14-15H2,1-3H3. The van der Waals surface area contributed by atoms with Gasteiger partial charge in [0.25, 0.3) is 0 Å². The SMILES string of the molecule is CSc1ccc(CN(C)C(=O)CSc2nccn2-c2ccccc2C)cc1. The molecule has 0 radical (unpaired) electrons. The number of hydrogen-bond acceptors (Lipinski definition) is 4. The van der Waals surface area contributed by atoms with Crippen LogP contribution in [0.4, 0.5) is 0 Å². The van der Waals surface area contributed by atoms with Gasteiger partial charge in [-0.15, -0.1) is 11.8 Å². The zero-order chi connectivity index (χ0) is 19.2. The van der Waals surface area contributed by atoms with Crippen molar-refractivity contribution in [3.05, 3.63) is 72.1 Å². The van der Waals surface area contributed by atoms with Crippen LogP contribution >= 0.6 is 23.5 Å². The molecule has 140 valence electrons. The van der Waals surface area contributed by atoms with Crippen LogP contribution in [0.1, 0.15) is 11.1 Å². The maximum absolute atomic E-state index is 12.5. The van der Waals surface area contributed by atoms with Crippen molar-refractivity contribution in [2.24, 2.45) is 0 Å². The third kappa shape index (κ3) is 4.96. The fourth-order valence-electron chi connectivity index (χ4n) is 2.74. The highest BCUT2D eigenvalue weighted by Gasteiger charge is 2.13. The molecule has 0 aliphatic rings. The predicted molar refractivity (Wildman–Crippen MR) is 114 cm³/mol. The summed E-state index contributed by atoms with van der Waals surface area (Å²) in [7, 11) is 1.85. The van der Waals surface area contributed by atoms with Crippen LogP contribution in [0, 0.1) is 6.92 Å². The van der Waals surface area contributed by atoms with Crippen LogP contribution in [0.5, 0.6) is 0 Å². The summed E-state index contributed by atoms with van der Waals surface area (Å²) in [5, 5.41) is 0.829. The Bertz CT molecular complexity index is 906. The number of aromatic nitrogens is 2. The van der Waals surface area contributed by atoms with E-state index in [2.05, 4.69) is 54.6 Å². The monoisotopic (exact) mass is 397 g/mol. The van der Waals surface area contributed by atoms with E-state index < -0.39 is 0 Å². The summed E-state index contributed by atoms with van der Waals surface area (Å²) in [6.45, 7) is 2.69. The molecule has 0 aliphatic carbocycles. The van der Waals surface area contributed by atoms with E-state index in [1.807, 2.05) is 29.9 Å². The molecule has 1 aromatic heterocycles. The molecule has 27 heavy (non-hydrogen) atoms. The number of rotatable bonds is 7. The smallest absolute Gasteiger partial charge is 0.233 e. The Morgan fingerprint density at radius 1 is 1.15 bits per heavy atom. The Hall–Kier alpha value is -2.18. The van der Waals surface area contributed by atoms with E-state index in [0.717, 1.165) is 16.4 Å². The summed E-state index contributed by atoms with van der Waals surface area (Å²) in [5.74, 6) is 0.454. The zero-order valence-corrected chi connectivity index (χ0v) is 17.4. The topological polar surface area (TPSA) is 38.1 Å². The summed E-state index contributed by atoms with van der Waals surface area (Å²) in [5.41, 5.74) is 3.40. The third-order valence-electron chi connectivity index (χ3n) is 4.31. The average molecular weight is 398 g/mol. The van der Waals surface area contributed by atoms with Gasteiger partial charge in [-0.1, -0.05) is 42.1 Å². The molecule has 2 aromatic carbocycles. The molecule has 0 spiro atoms. The second kappa shape index (κ2) is 9.15. The van der Waals surface area contributed by atoms with Gasteiger partial charge in [-0.05, 0) is 42.5 Å². The van der Waals surface area contributed by atoms with Crippen molar-refractivity contribution in [2.75, 3.05) is 19.1 Å². The van der Waals surface area contributed by atoms with Crippen LogP contribution in [0.3, 0.4) is 0 Å². The lowest BCUT2D eigenvalue weighted by molar-refractivity contribution is -0.127. The normalized spacial score (nSPS) is 10.8. The molecule has 1 amide bonds. The van der Waals surface area contributed by atoms with Gasteiger partial charge < -0.3 is 4.90 Å². The van der Waals surface area contributed by atoms with Gasteiger partial charge in [0.2, 0.25) is 5.91 Å². The Morgan fingerprint density at radius 2 is 1.89 bits per heavy atom. The fourth-order valence-corrected chi connectivity index (χ4v) is 4.06. The molecule has 3 aromatic rings. The predicted octanol–water partition coefficient (Wildman–Crippen LogP) is 4.65. The van der Waals surface area contributed by atoms with Crippen molar-refractivity contribution in [1.29, 1.82) is 0 Å². The molecule has 0 atom stereocenters. The number of nitrogens with zero attached hydrogens (tertiary/aromatic N) is 3. The number of carbonyl (C=O) groups is 1. The first-order chi connectivity index (χ1) is 13.1. The quantitative estimate of drug-likeness (QED) is 0.544. The first-order valence-electron chi connectivity index (χ1n) is 8.67. The number of carbonyl (C=O) groups excluding carboxylic acids is 1. The van der Waals surface area contributed by atoms with Crippen LogP contribution in [0.15, 0.2) is 71.0 Å². The number of para-hydroxylation sites is 1. The van der Waals surface area contributed by atoms with Crippen molar-refractivity contribution < 1.29 is 4.79 Å². The molecule has 0 fully saturated rings. The van der Waals surface area contributed by atoms with Crippen molar-refractivity contribution in [1.82, 2.24) is 14.5 Å². The van der Waals surface area contributed by atoms with Crippen molar-refractivity contribution in [2.45, 2.75) is 23.5 Å². The zero-order valence-electron chi connectivity index (χ0n) is 15.8. The lowest BCUT2D eigenvalue weighted by Crippen LogP contribution is -2.27. The number of aryl methyl sites for hydroxylation is 1. The summed E-state index contributed by atoms with van der Waals surface area (Å²) in [6, 6.07) is 16.5. The van der Waals surface area contributed by atoms with E-state index in [-0.39, 0.29) is 5.91 Å². The van der Waals surface area contributed by atoms with Gasteiger partial charge in [-0.3, -0.25) is 9.36 Å². The summed E-state index contributed by atoms with van der Waals surface area (Å²) in [4.78, 5) is 20.0. The van der Waals surface area contributed by atoms with E-state index in [1.165, 1.54) is 22.2 Å². The Kier molecular flexibility index (Phi) is 6.63. The highest BCUT2D eigenvalue weighted by atomic mass is 32.2. The Morgan fingerprint density at radius 3 is 2.59 bits per heavy atom. The molecule has 0 saturated carbocycles. The number of amides is 1. The highest BCUT2D eigenvalue weighted by molar-refractivity contribution is 7.99. The minimum absolute atomic E-state index is 0.0910. The third-order valence-corrected chi connectivity index (χ3v) is 6.01. The van der Waals surface area contributed by atoms with Crippen molar-refractivity contribution in [3.8, 4) is 5.69 Å². The van der Waals surface area contributed by atoms with E-state index in [4.69, 9.17) is 0 Å². The number of thioether (sulfide) groups is 2. The van der Waals surface area contributed by atoms with Crippen LogP contribution < -0.4 is 0 Å². The molecule has 1 heterocycles. The maximum Gasteiger partial charge on any atom is 0.233 e. The summed E-state index contributed by atoms with van der Waals surface area (Å²) >= 11 is 3.18. The maximum atomic E-state index is 12.5. The van der Waals surface area contributed by atoms with Gasteiger partial charge in [0.05, 0.1) is 11.4 Å². The molecule has 0 saturated heterocycles. The number of benzene rings is 2. The van der Waals surface area contributed by atoms with Gasteiger partial charge in [0.15, 0.2) is 5.16 Å². The van der Waals surface area contributed by atoms with Crippen LogP contribution in [-0.4, -0.2) is 39.4 Å². The summed E-state index contributed by atoms with van der Waals surface area (Å²) in [6.07, 6.45) is 5.77. The lowest BCUT2D eigenvalue weighted by Gasteiger charge is -2.17.